The van der Waals surface area contributed by atoms with Crippen LogP contribution in [-0.4, -0.2) is 42.7 Å². The van der Waals surface area contributed by atoms with Crippen molar-refractivity contribution in [2.24, 2.45) is 11.3 Å². The second kappa shape index (κ2) is 8.70. The minimum Gasteiger partial charge on any atom is -0.340 e. The van der Waals surface area contributed by atoms with Crippen molar-refractivity contribution in [2.45, 2.75) is 53.0 Å². The van der Waals surface area contributed by atoms with Gasteiger partial charge in [0.25, 0.3) is 0 Å². The molecule has 0 aromatic heterocycles. The van der Waals surface area contributed by atoms with E-state index in [4.69, 9.17) is 0 Å². The summed E-state index contributed by atoms with van der Waals surface area (Å²) in [6.07, 6.45) is 5.24. The second-order valence-corrected chi connectivity index (χ2v) is 7.79. The average molecular weight is 311 g/mol. The summed E-state index contributed by atoms with van der Waals surface area (Å²) in [6.45, 7) is 11.0. The third kappa shape index (κ3) is 7.78. The van der Waals surface area contributed by atoms with Crippen LogP contribution in [0.1, 0.15) is 47.0 Å². The molecule has 3 nitrogen and oxygen atoms in total. The summed E-state index contributed by atoms with van der Waals surface area (Å²) in [4.78, 5) is 14.3. The van der Waals surface area contributed by atoms with Crippen molar-refractivity contribution in [2.75, 3.05) is 25.9 Å². The molecule has 0 bridgehead atoms. The minimum atomic E-state index is 0.214. The molecule has 1 aliphatic heterocycles. The van der Waals surface area contributed by atoms with E-state index in [2.05, 4.69) is 44.2 Å². The fraction of sp³-hybridized carbons (Fsp3) is 0.824. The van der Waals surface area contributed by atoms with Crippen molar-refractivity contribution in [3.63, 3.8) is 0 Å². The van der Waals surface area contributed by atoms with Gasteiger partial charge in [0.1, 0.15) is 0 Å². The molecule has 0 aromatic rings. The molecule has 120 valence electrons. The predicted octanol–water partition coefficient (Wildman–Crippen LogP) is 2.96. The van der Waals surface area contributed by atoms with E-state index in [0.717, 1.165) is 32.4 Å². The quantitative estimate of drug-likeness (QED) is 0.810. The standard InChI is InChI=1S/C17H30N2OS/c1-14(11-17(2,3)4)18-12-16(20)19-9-6-7-15(13-19)8-10-21-5/h14-15,18H,6-7,9,11-13H2,1-5H3. The van der Waals surface area contributed by atoms with Gasteiger partial charge in [0.05, 0.1) is 6.54 Å². The zero-order valence-corrected chi connectivity index (χ0v) is 15.0. The molecule has 1 rings (SSSR count). The van der Waals surface area contributed by atoms with Crippen molar-refractivity contribution >= 4 is 17.7 Å². The third-order valence-electron chi connectivity index (χ3n) is 3.66. The van der Waals surface area contributed by atoms with Crippen molar-refractivity contribution in [1.82, 2.24) is 10.2 Å². The molecule has 21 heavy (non-hydrogen) atoms. The molecule has 0 aliphatic carbocycles. The van der Waals surface area contributed by atoms with Crippen LogP contribution in [0.25, 0.3) is 0 Å². The van der Waals surface area contributed by atoms with E-state index in [-0.39, 0.29) is 5.91 Å². The number of amides is 1. The molecule has 2 unspecified atom stereocenters. The van der Waals surface area contributed by atoms with E-state index in [9.17, 15) is 4.79 Å². The number of nitrogens with zero attached hydrogens (tertiary/aromatic N) is 1. The van der Waals surface area contributed by atoms with Crippen LogP contribution in [0.5, 0.6) is 0 Å². The smallest absolute Gasteiger partial charge is 0.236 e. The van der Waals surface area contributed by atoms with Gasteiger partial charge in [-0.3, -0.25) is 4.79 Å². The Labute approximate surface area is 134 Å². The zero-order valence-electron chi connectivity index (χ0n) is 14.2. The molecular weight excluding hydrogens is 280 g/mol. The Morgan fingerprint density at radius 2 is 2.19 bits per heavy atom. The molecule has 1 amide bonds. The number of thioether (sulfide) groups is 1. The average Bonchev–Trinajstić information content (AvgIpc) is 2.41. The molecule has 1 N–H and O–H groups in total. The van der Waals surface area contributed by atoms with Crippen LogP contribution < -0.4 is 5.32 Å². The summed E-state index contributed by atoms with van der Waals surface area (Å²) in [7, 11) is 0. The number of hydrogen-bond donors (Lipinski definition) is 1. The van der Waals surface area contributed by atoms with E-state index >= 15 is 0 Å². The van der Waals surface area contributed by atoms with E-state index < -0.39 is 0 Å². The molecule has 0 spiro atoms. The topological polar surface area (TPSA) is 32.3 Å². The molecule has 0 radical (unpaired) electrons. The maximum absolute atomic E-state index is 12.3. The molecule has 1 aliphatic rings. The lowest BCUT2D eigenvalue weighted by molar-refractivity contribution is -0.131. The first-order valence-electron chi connectivity index (χ1n) is 7.86. The number of likely N-dealkylation sites (tertiary alicyclic amines) is 1. The van der Waals surface area contributed by atoms with Crippen LogP contribution in [0.4, 0.5) is 0 Å². The van der Waals surface area contributed by atoms with E-state index in [1.807, 2.05) is 11.2 Å². The Morgan fingerprint density at radius 3 is 2.81 bits per heavy atom. The molecule has 2 atom stereocenters. The first kappa shape index (κ1) is 18.4. The third-order valence-corrected chi connectivity index (χ3v) is 3.98. The van der Waals surface area contributed by atoms with Crippen molar-refractivity contribution in [3.05, 3.63) is 0 Å². The Kier molecular flexibility index (Phi) is 7.62. The first-order valence-corrected chi connectivity index (χ1v) is 9.09. The van der Waals surface area contributed by atoms with E-state index in [0.29, 0.717) is 23.9 Å². The van der Waals surface area contributed by atoms with Crippen LogP contribution in [-0.2, 0) is 4.79 Å². The number of carbonyl (C=O) groups is 1. The lowest BCUT2D eigenvalue weighted by Crippen LogP contribution is -2.45. The summed E-state index contributed by atoms with van der Waals surface area (Å²) in [5.41, 5.74) is 0.291. The summed E-state index contributed by atoms with van der Waals surface area (Å²) in [6, 6.07) is 0.367. The molecule has 1 heterocycles. The van der Waals surface area contributed by atoms with Crippen LogP contribution in [0.2, 0.25) is 0 Å². The normalized spacial score (nSPS) is 20.6. The summed E-state index contributed by atoms with van der Waals surface area (Å²) >= 11 is 1.55. The highest BCUT2D eigenvalue weighted by atomic mass is 32.2. The molecular formula is C17H30N2OS. The van der Waals surface area contributed by atoms with Gasteiger partial charge < -0.3 is 10.2 Å². The molecule has 0 aromatic carbocycles. The number of hydrogen-bond acceptors (Lipinski definition) is 3. The Bertz CT molecular complexity index is 392. The van der Waals surface area contributed by atoms with E-state index in [1.165, 1.54) is 0 Å². The van der Waals surface area contributed by atoms with Crippen LogP contribution in [0.3, 0.4) is 0 Å². The van der Waals surface area contributed by atoms with Crippen LogP contribution in [0.15, 0.2) is 0 Å². The molecule has 0 saturated carbocycles. The highest BCUT2D eigenvalue weighted by Crippen LogP contribution is 2.20. The zero-order chi connectivity index (χ0) is 15.9. The Balaban J connectivity index is 2.37. The monoisotopic (exact) mass is 310 g/mol. The lowest BCUT2D eigenvalue weighted by atomic mass is 9.89. The lowest BCUT2D eigenvalue weighted by Gasteiger charge is -2.31. The highest BCUT2D eigenvalue weighted by molar-refractivity contribution is 8.03. The van der Waals surface area contributed by atoms with Gasteiger partial charge >= 0.3 is 0 Å². The largest absolute Gasteiger partial charge is 0.340 e. The van der Waals surface area contributed by atoms with Crippen LogP contribution >= 0.6 is 11.8 Å². The number of rotatable bonds is 4. The summed E-state index contributed by atoms with van der Waals surface area (Å²) in [5, 5.41) is 6.43. The molecule has 1 saturated heterocycles. The fourth-order valence-corrected chi connectivity index (χ4v) is 3.11. The van der Waals surface area contributed by atoms with Gasteiger partial charge in [0.15, 0.2) is 0 Å². The van der Waals surface area contributed by atoms with Gasteiger partial charge in [0.2, 0.25) is 5.91 Å². The minimum absolute atomic E-state index is 0.214. The van der Waals surface area contributed by atoms with Gasteiger partial charge in [-0.15, -0.1) is 0 Å². The predicted molar refractivity (Wildman–Crippen MR) is 92.1 cm³/mol. The fourth-order valence-electron chi connectivity index (χ4n) is 2.83. The van der Waals surface area contributed by atoms with Crippen molar-refractivity contribution in [1.29, 1.82) is 0 Å². The number of piperidine rings is 1. The van der Waals surface area contributed by atoms with Gasteiger partial charge in [-0.2, -0.15) is 0 Å². The Morgan fingerprint density at radius 1 is 1.48 bits per heavy atom. The van der Waals surface area contributed by atoms with Gasteiger partial charge in [-0.05, 0) is 43.1 Å². The highest BCUT2D eigenvalue weighted by Gasteiger charge is 2.23. The van der Waals surface area contributed by atoms with Crippen molar-refractivity contribution < 1.29 is 4.79 Å². The maximum Gasteiger partial charge on any atom is 0.236 e. The van der Waals surface area contributed by atoms with Crippen LogP contribution in [0, 0.1) is 22.5 Å². The van der Waals surface area contributed by atoms with Gasteiger partial charge in [-0.25, -0.2) is 0 Å². The summed E-state index contributed by atoms with van der Waals surface area (Å²) in [5.74, 6) is 3.81. The summed E-state index contributed by atoms with van der Waals surface area (Å²) < 4.78 is 0. The van der Waals surface area contributed by atoms with Crippen molar-refractivity contribution in [3.8, 4) is 11.2 Å². The Hall–Kier alpha value is -0.660. The SMILES string of the molecule is CSC#CC1CCCN(C(=O)CNC(C)CC(C)(C)C)C1. The maximum atomic E-state index is 12.3. The number of carbonyl (C=O) groups excluding carboxylic acids is 1. The number of nitrogens with one attached hydrogen (secondary N) is 1. The van der Waals surface area contributed by atoms with Gasteiger partial charge in [0, 0.05) is 25.0 Å². The molecule has 1 fully saturated rings. The van der Waals surface area contributed by atoms with Gasteiger partial charge in [-0.1, -0.05) is 38.5 Å². The second-order valence-electron chi connectivity index (χ2n) is 7.18. The molecule has 4 heteroatoms. The van der Waals surface area contributed by atoms with E-state index in [1.54, 1.807) is 11.8 Å². The first-order chi connectivity index (χ1) is 9.81.